The van der Waals surface area contributed by atoms with E-state index >= 15 is 0 Å². The van der Waals surface area contributed by atoms with E-state index in [2.05, 4.69) is 10.6 Å². The number of carbonyl (C=O) groups excluding carboxylic acids is 1. The number of halogens is 3. The van der Waals surface area contributed by atoms with Crippen LogP contribution >= 0.6 is 0 Å². The molecular formula is C14H16F3N3O. The van der Waals surface area contributed by atoms with Crippen LogP contribution in [0, 0.1) is 5.92 Å². The first kappa shape index (κ1) is 14.2. The van der Waals surface area contributed by atoms with Crippen molar-refractivity contribution in [3.8, 4) is 0 Å². The number of alkyl halides is 3. The van der Waals surface area contributed by atoms with Gasteiger partial charge >= 0.3 is 12.2 Å². The van der Waals surface area contributed by atoms with Crippen molar-refractivity contribution in [2.24, 2.45) is 5.92 Å². The summed E-state index contributed by atoms with van der Waals surface area (Å²) in [6.07, 6.45) is -3.39. The normalized spacial score (nSPS) is 25.0. The van der Waals surface area contributed by atoms with E-state index in [1.54, 1.807) is 4.90 Å². The van der Waals surface area contributed by atoms with E-state index in [0.29, 0.717) is 18.2 Å². The minimum absolute atomic E-state index is 0.194. The standard InChI is InChI=1S/C14H16F3N3O/c15-14(16,17)10-1-3-11(4-2-10)19-13(21)20-6-5-9-7-18-8-12(9)20/h1-4,9,12,18H,5-8H2,(H,19,21)/t9-,12+/m0/s1. The molecular weight excluding hydrogens is 283 g/mol. The predicted octanol–water partition coefficient (Wildman–Crippen LogP) is 2.53. The molecule has 0 aliphatic carbocycles. The van der Waals surface area contributed by atoms with E-state index in [-0.39, 0.29) is 12.1 Å². The molecule has 1 aromatic carbocycles. The first-order valence-electron chi connectivity index (χ1n) is 6.91. The van der Waals surface area contributed by atoms with Crippen molar-refractivity contribution < 1.29 is 18.0 Å². The van der Waals surface area contributed by atoms with Crippen molar-refractivity contribution in [1.29, 1.82) is 0 Å². The zero-order chi connectivity index (χ0) is 15.0. The molecule has 1 aromatic rings. The molecule has 0 saturated carbocycles. The Bertz CT molecular complexity index is 529. The molecule has 2 saturated heterocycles. The van der Waals surface area contributed by atoms with Gasteiger partial charge in [0.2, 0.25) is 0 Å². The van der Waals surface area contributed by atoms with E-state index in [9.17, 15) is 18.0 Å². The molecule has 2 aliphatic rings. The van der Waals surface area contributed by atoms with Crippen LogP contribution in [0.1, 0.15) is 12.0 Å². The number of fused-ring (bicyclic) bond motifs is 1. The van der Waals surface area contributed by atoms with Gasteiger partial charge in [-0.1, -0.05) is 0 Å². The first-order chi connectivity index (χ1) is 9.95. The fourth-order valence-corrected chi connectivity index (χ4v) is 3.04. The zero-order valence-corrected chi connectivity index (χ0v) is 11.3. The fourth-order valence-electron chi connectivity index (χ4n) is 3.04. The summed E-state index contributed by atoms with van der Waals surface area (Å²) in [6.45, 7) is 2.41. The van der Waals surface area contributed by atoms with Gasteiger partial charge in [0, 0.05) is 31.4 Å². The lowest BCUT2D eigenvalue weighted by Gasteiger charge is -2.23. The second-order valence-electron chi connectivity index (χ2n) is 5.47. The number of carbonyl (C=O) groups is 1. The molecule has 0 bridgehead atoms. The fraction of sp³-hybridized carbons (Fsp3) is 0.500. The Morgan fingerprint density at radius 3 is 2.62 bits per heavy atom. The first-order valence-corrected chi connectivity index (χ1v) is 6.91. The molecule has 0 radical (unpaired) electrons. The Morgan fingerprint density at radius 2 is 1.95 bits per heavy atom. The molecule has 0 spiro atoms. The molecule has 2 amide bonds. The van der Waals surface area contributed by atoms with Crippen LogP contribution < -0.4 is 10.6 Å². The summed E-state index contributed by atoms with van der Waals surface area (Å²) in [7, 11) is 0. The number of anilines is 1. The van der Waals surface area contributed by atoms with Crippen molar-refractivity contribution in [2.45, 2.75) is 18.6 Å². The highest BCUT2D eigenvalue weighted by Gasteiger charge is 2.39. The van der Waals surface area contributed by atoms with Crippen molar-refractivity contribution in [3.63, 3.8) is 0 Å². The van der Waals surface area contributed by atoms with E-state index in [4.69, 9.17) is 0 Å². The van der Waals surface area contributed by atoms with Crippen LogP contribution in [-0.2, 0) is 6.18 Å². The summed E-state index contributed by atoms with van der Waals surface area (Å²) < 4.78 is 37.4. The van der Waals surface area contributed by atoms with Gasteiger partial charge in [-0.25, -0.2) is 4.79 Å². The maximum absolute atomic E-state index is 12.5. The third-order valence-electron chi connectivity index (χ3n) is 4.17. The summed E-state index contributed by atoms with van der Waals surface area (Å²) in [6, 6.07) is 4.45. The average Bonchev–Trinajstić information content (AvgIpc) is 3.00. The van der Waals surface area contributed by atoms with Crippen molar-refractivity contribution in [2.75, 3.05) is 25.0 Å². The van der Waals surface area contributed by atoms with Gasteiger partial charge in [0.15, 0.2) is 0 Å². The van der Waals surface area contributed by atoms with Crippen molar-refractivity contribution in [3.05, 3.63) is 29.8 Å². The number of amides is 2. The monoisotopic (exact) mass is 299 g/mol. The van der Waals surface area contributed by atoms with Crippen LogP contribution in [-0.4, -0.2) is 36.6 Å². The molecule has 2 N–H and O–H groups in total. The molecule has 2 aliphatic heterocycles. The molecule has 114 valence electrons. The molecule has 4 nitrogen and oxygen atoms in total. The van der Waals surface area contributed by atoms with Crippen LogP contribution in [0.3, 0.4) is 0 Å². The van der Waals surface area contributed by atoms with E-state index in [1.807, 2.05) is 0 Å². The van der Waals surface area contributed by atoms with Gasteiger partial charge in [0.25, 0.3) is 0 Å². The van der Waals surface area contributed by atoms with Gasteiger partial charge in [0.05, 0.1) is 5.56 Å². The summed E-state index contributed by atoms with van der Waals surface area (Å²) in [5.41, 5.74) is -0.343. The second-order valence-corrected chi connectivity index (χ2v) is 5.47. The summed E-state index contributed by atoms with van der Waals surface area (Å²) in [5.74, 6) is 0.489. The molecule has 21 heavy (non-hydrogen) atoms. The van der Waals surface area contributed by atoms with Crippen LogP contribution in [0.25, 0.3) is 0 Å². The Hall–Kier alpha value is -1.76. The number of urea groups is 1. The maximum Gasteiger partial charge on any atom is 0.416 e. The highest BCUT2D eigenvalue weighted by molar-refractivity contribution is 5.89. The topological polar surface area (TPSA) is 44.4 Å². The van der Waals surface area contributed by atoms with Crippen LogP contribution in [0.15, 0.2) is 24.3 Å². The molecule has 2 fully saturated rings. The van der Waals surface area contributed by atoms with Crippen LogP contribution in [0.2, 0.25) is 0 Å². The minimum atomic E-state index is -4.36. The lowest BCUT2D eigenvalue weighted by atomic mass is 10.1. The quantitative estimate of drug-likeness (QED) is 0.837. The molecule has 2 heterocycles. The highest BCUT2D eigenvalue weighted by Crippen LogP contribution is 2.30. The molecule has 7 heteroatoms. The number of likely N-dealkylation sites (tertiary alicyclic amines) is 1. The van der Waals surface area contributed by atoms with E-state index in [0.717, 1.165) is 31.6 Å². The number of hydrogen-bond donors (Lipinski definition) is 2. The number of nitrogens with one attached hydrogen (secondary N) is 2. The number of hydrogen-bond acceptors (Lipinski definition) is 2. The smallest absolute Gasteiger partial charge is 0.320 e. The molecule has 3 rings (SSSR count). The SMILES string of the molecule is O=C(Nc1ccc(C(F)(F)F)cc1)N1CC[C@H]2CNC[C@H]21. The summed E-state index contributed by atoms with van der Waals surface area (Å²) in [4.78, 5) is 14.0. The predicted molar refractivity (Wildman–Crippen MR) is 71.9 cm³/mol. The summed E-state index contributed by atoms with van der Waals surface area (Å²) in [5, 5.41) is 5.92. The molecule has 0 aromatic heterocycles. The van der Waals surface area contributed by atoms with Crippen molar-refractivity contribution >= 4 is 11.7 Å². The van der Waals surface area contributed by atoms with E-state index in [1.165, 1.54) is 12.1 Å². The van der Waals surface area contributed by atoms with Gasteiger partial charge in [-0.2, -0.15) is 13.2 Å². The Balaban J connectivity index is 1.65. The number of benzene rings is 1. The minimum Gasteiger partial charge on any atom is -0.320 e. The van der Waals surface area contributed by atoms with E-state index < -0.39 is 11.7 Å². The largest absolute Gasteiger partial charge is 0.416 e. The van der Waals surface area contributed by atoms with Gasteiger partial charge in [-0.3, -0.25) is 0 Å². The maximum atomic E-state index is 12.5. The number of rotatable bonds is 1. The Labute approximate surface area is 120 Å². The Kier molecular flexibility index (Phi) is 3.52. The zero-order valence-electron chi connectivity index (χ0n) is 11.3. The summed E-state index contributed by atoms with van der Waals surface area (Å²) >= 11 is 0. The lowest BCUT2D eigenvalue weighted by Crippen LogP contribution is -2.41. The second kappa shape index (κ2) is 5.22. The third-order valence-corrected chi connectivity index (χ3v) is 4.17. The lowest BCUT2D eigenvalue weighted by molar-refractivity contribution is -0.137. The molecule has 0 unspecified atom stereocenters. The van der Waals surface area contributed by atoms with Crippen molar-refractivity contribution in [1.82, 2.24) is 10.2 Å². The van der Waals surface area contributed by atoms with Crippen LogP contribution in [0.5, 0.6) is 0 Å². The third kappa shape index (κ3) is 2.83. The van der Waals surface area contributed by atoms with Gasteiger partial charge < -0.3 is 15.5 Å². The van der Waals surface area contributed by atoms with Crippen LogP contribution in [0.4, 0.5) is 23.7 Å². The molecule has 2 atom stereocenters. The Morgan fingerprint density at radius 1 is 1.24 bits per heavy atom. The van der Waals surface area contributed by atoms with Gasteiger partial charge in [-0.05, 0) is 36.6 Å². The van der Waals surface area contributed by atoms with Gasteiger partial charge in [-0.15, -0.1) is 0 Å². The highest BCUT2D eigenvalue weighted by atomic mass is 19.4. The number of nitrogens with zero attached hydrogens (tertiary/aromatic N) is 1. The average molecular weight is 299 g/mol. The van der Waals surface area contributed by atoms with Gasteiger partial charge in [0.1, 0.15) is 0 Å².